The van der Waals surface area contributed by atoms with Crippen LogP contribution >= 0.6 is 0 Å². The molecule has 0 N–H and O–H groups in total. The molecule has 4 aliphatic carbocycles. The summed E-state index contributed by atoms with van der Waals surface area (Å²) in [5, 5.41) is 0. The number of esters is 1. The molecule has 1 heterocycles. The molecule has 3 fully saturated rings. The van der Waals surface area contributed by atoms with Gasteiger partial charge in [-0.2, -0.15) is 0 Å². The van der Waals surface area contributed by atoms with Crippen LogP contribution in [0.4, 0.5) is 0 Å². The van der Waals surface area contributed by atoms with Gasteiger partial charge in [-0.05, 0) is 59.6 Å². The van der Waals surface area contributed by atoms with Crippen LogP contribution in [0.3, 0.4) is 0 Å². The number of carbonyl (C=O) groups excluding carboxylic acids is 3. The van der Waals surface area contributed by atoms with Gasteiger partial charge in [-0.3, -0.25) is 19.3 Å². The molecule has 1 aromatic carbocycles. The monoisotopic (exact) mass is 407 g/mol. The van der Waals surface area contributed by atoms with Crippen LogP contribution in [0.2, 0.25) is 0 Å². The Morgan fingerprint density at radius 2 is 1.60 bits per heavy atom. The number of benzene rings is 1. The summed E-state index contributed by atoms with van der Waals surface area (Å²) in [5.74, 6) is 1.08. The number of imide groups is 1. The van der Waals surface area contributed by atoms with E-state index in [1.807, 2.05) is 12.1 Å². The van der Waals surface area contributed by atoms with Crippen molar-refractivity contribution in [2.24, 2.45) is 35.5 Å². The van der Waals surface area contributed by atoms with Crippen LogP contribution in [0.1, 0.15) is 45.6 Å². The summed E-state index contributed by atoms with van der Waals surface area (Å²) in [5.41, 5.74) is 1.27. The maximum atomic E-state index is 13.0. The number of hydrogen-bond acceptors (Lipinski definition) is 4. The Kier molecular flexibility index (Phi) is 4.42. The molecule has 5 aliphatic rings. The first-order valence-corrected chi connectivity index (χ1v) is 11.2. The van der Waals surface area contributed by atoms with E-state index in [9.17, 15) is 14.4 Å². The largest absolute Gasteiger partial charge is 0.426 e. The second-order valence-electron chi connectivity index (χ2n) is 9.97. The van der Waals surface area contributed by atoms with Gasteiger partial charge >= 0.3 is 5.97 Å². The van der Waals surface area contributed by atoms with Crippen LogP contribution in [0.15, 0.2) is 36.4 Å². The molecule has 158 valence electrons. The predicted octanol–water partition coefficient (Wildman–Crippen LogP) is 3.72. The molecule has 2 saturated carbocycles. The summed E-state index contributed by atoms with van der Waals surface area (Å²) in [6, 6.07) is 7.58. The van der Waals surface area contributed by atoms with Gasteiger partial charge in [0, 0.05) is 6.54 Å². The highest BCUT2D eigenvalue weighted by molar-refractivity contribution is 6.06. The van der Waals surface area contributed by atoms with E-state index in [1.54, 1.807) is 12.1 Å². The molecule has 2 bridgehead atoms. The fraction of sp³-hybridized carbons (Fsp3) is 0.560. The van der Waals surface area contributed by atoms with E-state index in [-0.39, 0.29) is 53.9 Å². The normalized spacial score (nSPS) is 33.5. The van der Waals surface area contributed by atoms with Crippen LogP contribution in [0.25, 0.3) is 0 Å². The third-order valence-corrected chi connectivity index (χ3v) is 8.04. The number of amides is 2. The molecule has 6 atom stereocenters. The first-order chi connectivity index (χ1) is 14.3. The Morgan fingerprint density at radius 1 is 1.03 bits per heavy atom. The summed E-state index contributed by atoms with van der Waals surface area (Å²) in [4.78, 5) is 39.6. The summed E-state index contributed by atoms with van der Waals surface area (Å²) in [6.07, 6.45) is 6.51. The summed E-state index contributed by atoms with van der Waals surface area (Å²) in [7, 11) is 0. The summed E-state index contributed by atoms with van der Waals surface area (Å²) in [6.45, 7) is 6.62. The number of allylic oxidation sites excluding steroid dienone is 2. The molecule has 30 heavy (non-hydrogen) atoms. The highest BCUT2D eigenvalue weighted by atomic mass is 16.5. The highest BCUT2D eigenvalue weighted by Crippen LogP contribution is 2.65. The lowest BCUT2D eigenvalue weighted by Crippen LogP contribution is -2.40. The van der Waals surface area contributed by atoms with Crippen molar-refractivity contribution in [3.05, 3.63) is 42.0 Å². The number of rotatable bonds is 6. The van der Waals surface area contributed by atoms with Gasteiger partial charge in [0.25, 0.3) is 0 Å². The molecule has 1 aromatic rings. The van der Waals surface area contributed by atoms with Crippen LogP contribution in [-0.2, 0) is 19.8 Å². The second kappa shape index (κ2) is 6.79. The van der Waals surface area contributed by atoms with Crippen molar-refractivity contribution in [3.63, 3.8) is 0 Å². The van der Waals surface area contributed by atoms with Gasteiger partial charge in [-0.25, -0.2) is 0 Å². The van der Waals surface area contributed by atoms with Crippen molar-refractivity contribution in [3.8, 4) is 5.75 Å². The van der Waals surface area contributed by atoms with Crippen molar-refractivity contribution in [1.29, 1.82) is 0 Å². The highest BCUT2D eigenvalue weighted by Gasteiger charge is 2.66. The molecule has 5 heteroatoms. The zero-order valence-corrected chi connectivity index (χ0v) is 17.8. The number of ether oxygens (including phenoxy) is 1. The molecule has 0 radical (unpaired) electrons. The van der Waals surface area contributed by atoms with E-state index in [0.717, 1.165) is 12.8 Å². The van der Waals surface area contributed by atoms with Crippen molar-refractivity contribution in [2.45, 2.75) is 45.4 Å². The van der Waals surface area contributed by atoms with E-state index in [1.165, 1.54) is 10.5 Å². The quantitative estimate of drug-likeness (QED) is 0.312. The zero-order chi connectivity index (χ0) is 21.2. The molecule has 0 unspecified atom stereocenters. The maximum absolute atomic E-state index is 13.0. The number of hydrogen-bond donors (Lipinski definition) is 0. The first kappa shape index (κ1) is 19.5. The smallest absolute Gasteiger partial charge is 0.312 e. The fourth-order valence-corrected chi connectivity index (χ4v) is 5.80. The van der Waals surface area contributed by atoms with E-state index >= 15 is 0 Å². The minimum Gasteiger partial charge on any atom is -0.426 e. The molecule has 1 saturated heterocycles. The minimum atomic E-state index is -0.420. The lowest BCUT2D eigenvalue weighted by Gasteiger charge is -2.37. The van der Waals surface area contributed by atoms with Gasteiger partial charge in [0.05, 0.1) is 18.3 Å². The van der Waals surface area contributed by atoms with Crippen molar-refractivity contribution >= 4 is 17.8 Å². The molecule has 0 spiro atoms. The van der Waals surface area contributed by atoms with Crippen LogP contribution in [0.5, 0.6) is 5.75 Å². The fourth-order valence-electron chi connectivity index (χ4n) is 5.80. The van der Waals surface area contributed by atoms with Crippen molar-refractivity contribution in [1.82, 2.24) is 4.90 Å². The topological polar surface area (TPSA) is 63.7 Å². The number of nitrogens with zero attached hydrogens (tertiary/aromatic N) is 1. The average molecular weight is 408 g/mol. The van der Waals surface area contributed by atoms with E-state index in [4.69, 9.17) is 4.74 Å². The van der Waals surface area contributed by atoms with E-state index < -0.39 is 5.97 Å². The van der Waals surface area contributed by atoms with E-state index in [0.29, 0.717) is 17.6 Å². The average Bonchev–Trinajstić information content (AvgIpc) is 3.52. The molecule has 2 amide bonds. The molecule has 1 aliphatic heterocycles. The van der Waals surface area contributed by atoms with Crippen LogP contribution in [0, 0.1) is 35.5 Å². The number of carbonyl (C=O) groups is 3. The molecular formula is C25H29NO4. The Hall–Kier alpha value is -2.43. The molecule has 6 rings (SSSR count). The Bertz CT molecular complexity index is 895. The lowest BCUT2D eigenvalue weighted by atomic mass is 9.63. The third-order valence-electron chi connectivity index (χ3n) is 8.04. The van der Waals surface area contributed by atoms with Gasteiger partial charge in [-0.15, -0.1) is 0 Å². The summed E-state index contributed by atoms with van der Waals surface area (Å²) >= 11 is 0. The maximum Gasteiger partial charge on any atom is 0.312 e. The van der Waals surface area contributed by atoms with Crippen molar-refractivity contribution < 1.29 is 19.1 Å². The van der Waals surface area contributed by atoms with Crippen LogP contribution in [-0.4, -0.2) is 29.2 Å². The number of likely N-dealkylation sites (tertiary alicyclic amines) is 1. The van der Waals surface area contributed by atoms with Gasteiger partial charge in [-0.1, -0.05) is 45.1 Å². The summed E-state index contributed by atoms with van der Waals surface area (Å²) < 4.78 is 5.44. The zero-order valence-electron chi connectivity index (χ0n) is 17.8. The minimum absolute atomic E-state index is 0.0226. The lowest BCUT2D eigenvalue weighted by molar-refractivity contribution is -0.141. The van der Waals surface area contributed by atoms with Gasteiger partial charge < -0.3 is 4.74 Å². The van der Waals surface area contributed by atoms with Crippen molar-refractivity contribution in [2.75, 3.05) is 6.54 Å². The molecule has 0 aromatic heterocycles. The predicted molar refractivity (Wildman–Crippen MR) is 111 cm³/mol. The van der Waals surface area contributed by atoms with Crippen LogP contribution < -0.4 is 4.74 Å². The van der Waals surface area contributed by atoms with Gasteiger partial charge in [0.2, 0.25) is 11.8 Å². The Morgan fingerprint density at radius 3 is 2.13 bits per heavy atom. The third kappa shape index (κ3) is 2.93. The first-order valence-electron chi connectivity index (χ1n) is 11.2. The van der Waals surface area contributed by atoms with Gasteiger partial charge in [0.1, 0.15) is 5.75 Å². The molecular weight excluding hydrogens is 378 g/mol. The van der Waals surface area contributed by atoms with Gasteiger partial charge in [0.15, 0.2) is 0 Å². The standard InChI is InChI=1S/C25H29NO4/c1-4-25(2,3)14-5-7-15(8-6-14)30-20(27)11-12-26-23(28)21-16-9-10-17(19-13-18(16)19)22(21)24(26)29/h5-10,16-19,21-22H,4,11-13H2,1-3H3/t16-,17-,18-,19-,21-,22+/m1/s1. The second-order valence-corrected chi connectivity index (χ2v) is 9.97. The Labute approximate surface area is 177 Å². The molecule has 5 nitrogen and oxygen atoms in total. The van der Waals surface area contributed by atoms with E-state index in [2.05, 4.69) is 32.9 Å². The Balaban J connectivity index is 1.19. The SMILES string of the molecule is CCC(C)(C)c1ccc(OC(=O)CCN2C(=O)[C@@H]3[C@@H]4C=C[C@H]([C@H]5C[C@H]45)[C@@H]3C2=O)cc1.